The Kier molecular flexibility index (Phi) is 8.76. The predicted molar refractivity (Wildman–Crippen MR) is 127 cm³/mol. The highest BCUT2D eigenvalue weighted by atomic mass is 16.2. The van der Waals surface area contributed by atoms with Gasteiger partial charge in [-0.15, -0.1) is 0 Å². The van der Waals surface area contributed by atoms with Crippen molar-refractivity contribution in [1.29, 1.82) is 0 Å². The molecule has 4 amide bonds. The summed E-state index contributed by atoms with van der Waals surface area (Å²) < 4.78 is 0. The van der Waals surface area contributed by atoms with Gasteiger partial charge in [0.1, 0.15) is 0 Å². The van der Waals surface area contributed by atoms with Crippen LogP contribution in [0.15, 0.2) is 24.3 Å². The Morgan fingerprint density at radius 2 is 1.66 bits per heavy atom. The maximum absolute atomic E-state index is 12.5. The van der Waals surface area contributed by atoms with E-state index >= 15 is 0 Å². The summed E-state index contributed by atoms with van der Waals surface area (Å²) in [5.74, 6) is -0.289. The Bertz CT molecular complexity index is 768. The first-order chi connectivity index (χ1) is 15.5. The van der Waals surface area contributed by atoms with Crippen LogP contribution in [0.25, 0.3) is 0 Å². The maximum Gasteiger partial charge on any atom is 0.317 e. The van der Waals surface area contributed by atoms with E-state index in [1.165, 1.54) is 26.2 Å². The lowest BCUT2D eigenvalue weighted by molar-refractivity contribution is -0.132. The molecular formula is C24H37N5O3. The van der Waals surface area contributed by atoms with Gasteiger partial charge in [0.2, 0.25) is 11.8 Å². The van der Waals surface area contributed by atoms with E-state index in [4.69, 9.17) is 0 Å². The highest BCUT2D eigenvalue weighted by Crippen LogP contribution is 2.21. The summed E-state index contributed by atoms with van der Waals surface area (Å²) >= 11 is 0. The molecule has 32 heavy (non-hydrogen) atoms. The SMILES string of the molecule is CCCN(CC(=O)Nc1ccc(N2CCN(C(=O)NC3CCCCC3)CC2)cc1)C(C)=O. The molecule has 1 saturated carbocycles. The third-order valence-corrected chi connectivity index (χ3v) is 6.29. The minimum Gasteiger partial charge on any atom is -0.368 e. The third-order valence-electron chi connectivity index (χ3n) is 6.29. The van der Waals surface area contributed by atoms with Gasteiger partial charge < -0.3 is 25.3 Å². The number of hydrogen-bond donors (Lipinski definition) is 2. The van der Waals surface area contributed by atoms with Crippen molar-refractivity contribution in [3.63, 3.8) is 0 Å². The summed E-state index contributed by atoms with van der Waals surface area (Å²) in [6.07, 6.45) is 6.71. The van der Waals surface area contributed by atoms with Crippen LogP contribution in [0.2, 0.25) is 0 Å². The number of urea groups is 1. The summed E-state index contributed by atoms with van der Waals surface area (Å²) in [5.41, 5.74) is 1.79. The largest absolute Gasteiger partial charge is 0.368 e. The van der Waals surface area contributed by atoms with Crippen LogP contribution >= 0.6 is 0 Å². The summed E-state index contributed by atoms with van der Waals surface area (Å²) in [6.45, 7) is 7.09. The van der Waals surface area contributed by atoms with E-state index in [9.17, 15) is 14.4 Å². The molecular weight excluding hydrogens is 406 g/mol. The Hall–Kier alpha value is -2.77. The summed E-state index contributed by atoms with van der Waals surface area (Å²) in [4.78, 5) is 42.2. The molecule has 0 spiro atoms. The normalized spacial score (nSPS) is 17.1. The fraction of sp³-hybridized carbons (Fsp3) is 0.625. The predicted octanol–water partition coefficient (Wildman–Crippen LogP) is 3.05. The van der Waals surface area contributed by atoms with Crippen LogP contribution in [-0.2, 0) is 9.59 Å². The Balaban J connectivity index is 1.44. The van der Waals surface area contributed by atoms with Gasteiger partial charge in [-0.3, -0.25) is 9.59 Å². The molecule has 0 atom stereocenters. The summed E-state index contributed by atoms with van der Waals surface area (Å²) in [6, 6.07) is 8.14. The molecule has 3 rings (SSSR count). The number of piperazine rings is 1. The molecule has 0 bridgehead atoms. The molecule has 8 nitrogen and oxygen atoms in total. The van der Waals surface area contributed by atoms with Crippen molar-refractivity contribution >= 4 is 29.2 Å². The first-order valence-corrected chi connectivity index (χ1v) is 11.9. The Labute approximate surface area is 191 Å². The van der Waals surface area contributed by atoms with Gasteiger partial charge in [0, 0.05) is 57.1 Å². The van der Waals surface area contributed by atoms with Crippen molar-refractivity contribution in [2.24, 2.45) is 0 Å². The van der Waals surface area contributed by atoms with Crippen LogP contribution in [0.3, 0.4) is 0 Å². The molecule has 1 aliphatic heterocycles. The van der Waals surface area contributed by atoms with Gasteiger partial charge in [-0.1, -0.05) is 26.2 Å². The maximum atomic E-state index is 12.5. The number of nitrogens with one attached hydrogen (secondary N) is 2. The van der Waals surface area contributed by atoms with Crippen LogP contribution in [0, 0.1) is 0 Å². The molecule has 0 radical (unpaired) electrons. The van der Waals surface area contributed by atoms with Crippen molar-refractivity contribution in [2.45, 2.75) is 58.4 Å². The number of carbonyl (C=O) groups excluding carboxylic acids is 3. The molecule has 1 saturated heterocycles. The van der Waals surface area contributed by atoms with Crippen LogP contribution in [0.5, 0.6) is 0 Å². The average Bonchev–Trinajstić information content (AvgIpc) is 2.80. The Morgan fingerprint density at radius 3 is 2.25 bits per heavy atom. The minimum atomic E-state index is -0.195. The number of amides is 4. The molecule has 2 aliphatic rings. The van der Waals surface area contributed by atoms with Crippen LogP contribution in [0.4, 0.5) is 16.2 Å². The highest BCUT2D eigenvalue weighted by Gasteiger charge is 2.24. The van der Waals surface area contributed by atoms with Crippen LogP contribution in [-0.4, -0.2) is 73.0 Å². The van der Waals surface area contributed by atoms with Gasteiger partial charge in [0.15, 0.2) is 0 Å². The molecule has 176 valence electrons. The minimum absolute atomic E-state index is 0.0653. The standard InChI is InChI=1S/C24H37N5O3/c1-3-13-29(19(2)30)18-23(31)25-21-9-11-22(12-10-21)27-14-16-28(17-15-27)24(32)26-20-7-5-4-6-8-20/h9-12,20H,3-8,13-18H2,1-2H3,(H,25,31)(H,26,32). The second-order valence-electron chi connectivity index (χ2n) is 8.79. The topological polar surface area (TPSA) is 85.0 Å². The van der Waals surface area contributed by atoms with Gasteiger partial charge in [-0.25, -0.2) is 4.79 Å². The first kappa shape index (κ1) is 23.9. The van der Waals surface area contributed by atoms with Crippen LogP contribution < -0.4 is 15.5 Å². The van der Waals surface area contributed by atoms with E-state index in [1.807, 2.05) is 36.1 Å². The molecule has 1 aliphatic carbocycles. The van der Waals surface area contributed by atoms with E-state index in [2.05, 4.69) is 15.5 Å². The molecule has 1 aromatic rings. The zero-order valence-corrected chi connectivity index (χ0v) is 19.4. The zero-order valence-electron chi connectivity index (χ0n) is 19.4. The van der Waals surface area contributed by atoms with Gasteiger partial charge in [-0.05, 0) is 43.5 Å². The number of nitrogens with zero attached hydrogens (tertiary/aromatic N) is 3. The average molecular weight is 444 g/mol. The molecule has 2 fully saturated rings. The number of benzene rings is 1. The quantitative estimate of drug-likeness (QED) is 0.678. The van der Waals surface area contributed by atoms with E-state index in [1.54, 1.807) is 4.90 Å². The highest BCUT2D eigenvalue weighted by molar-refractivity contribution is 5.94. The second kappa shape index (κ2) is 11.7. The van der Waals surface area contributed by atoms with E-state index in [0.717, 1.165) is 38.0 Å². The van der Waals surface area contributed by atoms with Gasteiger partial charge in [0.05, 0.1) is 6.54 Å². The van der Waals surface area contributed by atoms with Crippen molar-refractivity contribution in [3.05, 3.63) is 24.3 Å². The fourth-order valence-corrected chi connectivity index (χ4v) is 4.43. The second-order valence-corrected chi connectivity index (χ2v) is 8.79. The molecule has 0 aromatic heterocycles. The number of rotatable bonds is 7. The van der Waals surface area contributed by atoms with E-state index < -0.39 is 0 Å². The van der Waals surface area contributed by atoms with Crippen molar-refractivity contribution < 1.29 is 14.4 Å². The van der Waals surface area contributed by atoms with Gasteiger partial charge in [0.25, 0.3) is 0 Å². The lowest BCUT2D eigenvalue weighted by Gasteiger charge is -2.37. The van der Waals surface area contributed by atoms with Gasteiger partial charge in [-0.2, -0.15) is 0 Å². The zero-order chi connectivity index (χ0) is 22.9. The lowest BCUT2D eigenvalue weighted by Crippen LogP contribution is -2.53. The Morgan fingerprint density at radius 1 is 1.00 bits per heavy atom. The van der Waals surface area contributed by atoms with Crippen molar-refractivity contribution in [1.82, 2.24) is 15.1 Å². The first-order valence-electron chi connectivity index (χ1n) is 11.9. The van der Waals surface area contributed by atoms with Crippen LogP contribution in [0.1, 0.15) is 52.4 Å². The smallest absolute Gasteiger partial charge is 0.317 e. The number of carbonyl (C=O) groups is 3. The third kappa shape index (κ3) is 6.87. The summed E-state index contributed by atoms with van der Waals surface area (Å²) in [5, 5.41) is 6.06. The van der Waals surface area contributed by atoms with E-state index in [0.29, 0.717) is 31.4 Å². The molecule has 8 heteroatoms. The van der Waals surface area contributed by atoms with Gasteiger partial charge >= 0.3 is 6.03 Å². The molecule has 1 heterocycles. The number of anilines is 2. The molecule has 1 aromatic carbocycles. The fourth-order valence-electron chi connectivity index (χ4n) is 4.43. The lowest BCUT2D eigenvalue weighted by atomic mass is 9.96. The summed E-state index contributed by atoms with van der Waals surface area (Å²) in [7, 11) is 0. The number of hydrogen-bond acceptors (Lipinski definition) is 4. The molecule has 2 N–H and O–H groups in total. The van der Waals surface area contributed by atoms with Crippen molar-refractivity contribution in [3.8, 4) is 0 Å². The van der Waals surface area contributed by atoms with Crippen molar-refractivity contribution in [2.75, 3.05) is 49.5 Å². The molecule has 0 unspecified atom stereocenters. The van der Waals surface area contributed by atoms with E-state index in [-0.39, 0.29) is 24.4 Å². The monoisotopic (exact) mass is 443 g/mol.